The summed E-state index contributed by atoms with van der Waals surface area (Å²) in [6.45, 7) is 3.67. The highest BCUT2D eigenvalue weighted by Gasteiger charge is 2.41. The van der Waals surface area contributed by atoms with Gasteiger partial charge in [0.1, 0.15) is 0 Å². The van der Waals surface area contributed by atoms with Crippen molar-refractivity contribution in [3.63, 3.8) is 0 Å². The van der Waals surface area contributed by atoms with Gasteiger partial charge in [0.2, 0.25) is 0 Å². The average molecular weight is 222 g/mol. The first-order chi connectivity index (χ1) is 7.34. The van der Waals surface area contributed by atoms with E-state index >= 15 is 0 Å². The first-order valence-corrected chi connectivity index (χ1v) is 6.64. The molecule has 0 aromatic carbocycles. The summed E-state index contributed by atoms with van der Waals surface area (Å²) in [4.78, 5) is 14.9. The fourth-order valence-corrected chi connectivity index (χ4v) is 3.77. The molecule has 0 spiro atoms. The van der Waals surface area contributed by atoms with Gasteiger partial charge in [-0.15, -0.1) is 11.3 Å². The molecule has 4 rings (SSSR count). The third-order valence-electron chi connectivity index (χ3n) is 3.92. The molecule has 4 heterocycles. The summed E-state index contributed by atoms with van der Waals surface area (Å²) in [6.07, 6.45) is 2.52. The molecule has 1 atom stereocenters. The van der Waals surface area contributed by atoms with E-state index < -0.39 is 0 Å². The van der Waals surface area contributed by atoms with Crippen molar-refractivity contribution in [2.24, 2.45) is 11.8 Å². The van der Waals surface area contributed by atoms with E-state index in [-0.39, 0.29) is 0 Å². The maximum absolute atomic E-state index is 12.2. The Hall–Kier alpha value is -0.670. The first kappa shape index (κ1) is 9.55. The Morgan fingerprint density at radius 3 is 2.73 bits per heavy atom. The van der Waals surface area contributed by atoms with E-state index in [1.54, 1.807) is 16.2 Å². The number of quaternary nitrogens is 1. The molecule has 3 saturated heterocycles. The molecule has 3 aliphatic heterocycles. The van der Waals surface area contributed by atoms with E-state index in [0.29, 0.717) is 17.6 Å². The quantitative estimate of drug-likeness (QED) is 0.736. The van der Waals surface area contributed by atoms with E-state index in [0.717, 1.165) is 11.4 Å². The lowest BCUT2D eigenvalue weighted by molar-refractivity contribution is -0.919. The summed E-state index contributed by atoms with van der Waals surface area (Å²) in [5.41, 5.74) is 0. The van der Waals surface area contributed by atoms with Crippen molar-refractivity contribution >= 4 is 17.1 Å². The van der Waals surface area contributed by atoms with Crippen molar-refractivity contribution in [3.05, 3.63) is 22.4 Å². The zero-order chi connectivity index (χ0) is 10.3. The number of hydrogen-bond donors (Lipinski definition) is 1. The van der Waals surface area contributed by atoms with Crippen LogP contribution in [-0.2, 0) is 0 Å². The zero-order valence-corrected chi connectivity index (χ0v) is 9.56. The second kappa shape index (κ2) is 3.72. The highest BCUT2D eigenvalue weighted by molar-refractivity contribution is 7.12. The van der Waals surface area contributed by atoms with Crippen molar-refractivity contribution in [2.45, 2.75) is 12.8 Å². The third kappa shape index (κ3) is 1.64. The van der Waals surface area contributed by atoms with Crippen LogP contribution in [0.5, 0.6) is 0 Å². The first-order valence-electron chi connectivity index (χ1n) is 5.76. The summed E-state index contributed by atoms with van der Waals surface area (Å²) >= 11 is 1.59. The van der Waals surface area contributed by atoms with Gasteiger partial charge in [0.15, 0.2) is 5.78 Å². The molecular formula is C12H16NOS+. The van der Waals surface area contributed by atoms with Gasteiger partial charge in [-0.1, -0.05) is 6.07 Å². The predicted molar refractivity (Wildman–Crippen MR) is 60.4 cm³/mol. The van der Waals surface area contributed by atoms with E-state index in [9.17, 15) is 4.79 Å². The number of nitrogens with one attached hydrogen (secondary N) is 1. The highest BCUT2D eigenvalue weighted by atomic mass is 32.1. The fourth-order valence-electron chi connectivity index (χ4n) is 3.04. The topological polar surface area (TPSA) is 21.5 Å². The summed E-state index contributed by atoms with van der Waals surface area (Å²) in [6, 6.07) is 3.95. The fraction of sp³-hybridized carbons (Fsp3) is 0.583. The molecule has 80 valence electrons. The molecule has 0 unspecified atom stereocenters. The van der Waals surface area contributed by atoms with E-state index in [4.69, 9.17) is 0 Å². The van der Waals surface area contributed by atoms with Gasteiger partial charge in [-0.2, -0.15) is 0 Å². The van der Waals surface area contributed by atoms with Gasteiger partial charge in [0.25, 0.3) is 0 Å². The normalized spacial score (nSPS) is 34.3. The number of thiophene rings is 1. The molecule has 0 radical (unpaired) electrons. The molecule has 0 aliphatic carbocycles. The minimum absolute atomic E-state index is 0.321. The number of rotatable bonds is 2. The number of hydrogen-bond acceptors (Lipinski definition) is 2. The van der Waals surface area contributed by atoms with E-state index in [1.165, 1.54) is 25.9 Å². The van der Waals surface area contributed by atoms with Crippen LogP contribution in [0, 0.1) is 11.8 Å². The Balaban J connectivity index is 1.80. The molecule has 0 amide bonds. The largest absolute Gasteiger partial charge is 0.334 e. The standard InChI is InChI=1S/C12H15NOS/c14-12(11-2-1-7-15-11)10-8-13-5-3-9(10)4-6-13/h1-2,7,9-10H,3-6,8H2/p+1/t10-/m0/s1. The van der Waals surface area contributed by atoms with Gasteiger partial charge in [0, 0.05) is 12.8 Å². The van der Waals surface area contributed by atoms with Crippen LogP contribution in [0.4, 0.5) is 0 Å². The number of Topliss-reactive ketones (excluding diaryl/α,β-unsaturated/α-hetero) is 1. The maximum Gasteiger partial charge on any atom is 0.181 e. The second-order valence-corrected chi connectivity index (χ2v) is 5.69. The molecule has 15 heavy (non-hydrogen) atoms. The number of fused-ring (bicyclic) bond motifs is 3. The minimum Gasteiger partial charge on any atom is -0.334 e. The Morgan fingerprint density at radius 1 is 1.40 bits per heavy atom. The van der Waals surface area contributed by atoms with Crippen LogP contribution in [0.2, 0.25) is 0 Å². The van der Waals surface area contributed by atoms with Crippen molar-refractivity contribution in [1.29, 1.82) is 0 Å². The summed E-state index contributed by atoms with van der Waals surface area (Å²) in [7, 11) is 0. The molecule has 1 aromatic heterocycles. The average Bonchev–Trinajstić information content (AvgIpc) is 2.83. The van der Waals surface area contributed by atoms with Crippen molar-refractivity contribution in [1.82, 2.24) is 0 Å². The smallest absolute Gasteiger partial charge is 0.181 e. The molecule has 3 aliphatic rings. The van der Waals surface area contributed by atoms with Crippen LogP contribution < -0.4 is 4.90 Å². The maximum atomic E-state index is 12.2. The van der Waals surface area contributed by atoms with Crippen LogP contribution in [0.15, 0.2) is 17.5 Å². The minimum atomic E-state index is 0.321. The lowest BCUT2D eigenvalue weighted by Crippen LogP contribution is -3.16. The number of piperidine rings is 3. The molecule has 1 N–H and O–H groups in total. The third-order valence-corrected chi connectivity index (χ3v) is 4.80. The lowest BCUT2D eigenvalue weighted by Gasteiger charge is -2.40. The molecule has 3 fully saturated rings. The monoisotopic (exact) mass is 222 g/mol. The van der Waals surface area contributed by atoms with Gasteiger partial charge in [-0.25, -0.2) is 0 Å². The van der Waals surface area contributed by atoms with Crippen molar-refractivity contribution in [3.8, 4) is 0 Å². The predicted octanol–water partition coefficient (Wildman–Crippen LogP) is 0.855. The van der Waals surface area contributed by atoms with E-state index in [2.05, 4.69) is 0 Å². The SMILES string of the molecule is O=C(c1cccs1)[C@H]1C[NH+]2CCC1CC2. The molecule has 3 heteroatoms. The van der Waals surface area contributed by atoms with Crippen LogP contribution in [0.1, 0.15) is 22.5 Å². The summed E-state index contributed by atoms with van der Waals surface area (Å²) < 4.78 is 0. The van der Waals surface area contributed by atoms with Gasteiger partial charge < -0.3 is 4.90 Å². The Morgan fingerprint density at radius 2 is 2.20 bits per heavy atom. The van der Waals surface area contributed by atoms with Crippen LogP contribution >= 0.6 is 11.3 Å². The molecule has 2 bridgehead atoms. The Bertz CT molecular complexity index is 352. The Kier molecular flexibility index (Phi) is 2.37. The number of ketones is 1. The van der Waals surface area contributed by atoms with Crippen LogP contribution in [0.25, 0.3) is 0 Å². The van der Waals surface area contributed by atoms with Gasteiger partial charge in [-0.3, -0.25) is 4.79 Å². The second-order valence-electron chi connectivity index (χ2n) is 4.74. The van der Waals surface area contributed by atoms with Crippen molar-refractivity contribution in [2.75, 3.05) is 19.6 Å². The van der Waals surface area contributed by atoms with Crippen LogP contribution in [-0.4, -0.2) is 25.4 Å². The molecule has 0 saturated carbocycles. The molecule has 1 aromatic rings. The van der Waals surface area contributed by atoms with Crippen LogP contribution in [0.3, 0.4) is 0 Å². The summed E-state index contributed by atoms with van der Waals surface area (Å²) in [5.74, 6) is 1.41. The molecular weight excluding hydrogens is 206 g/mol. The van der Waals surface area contributed by atoms with Crippen molar-refractivity contribution < 1.29 is 9.69 Å². The van der Waals surface area contributed by atoms with Gasteiger partial charge >= 0.3 is 0 Å². The number of carbonyl (C=O) groups is 1. The zero-order valence-electron chi connectivity index (χ0n) is 8.74. The molecule has 2 nitrogen and oxygen atoms in total. The van der Waals surface area contributed by atoms with Gasteiger partial charge in [0.05, 0.1) is 30.4 Å². The Labute approximate surface area is 93.9 Å². The lowest BCUT2D eigenvalue weighted by atomic mass is 9.76. The van der Waals surface area contributed by atoms with E-state index in [1.807, 2.05) is 17.5 Å². The summed E-state index contributed by atoms with van der Waals surface area (Å²) in [5, 5.41) is 2.00. The highest BCUT2D eigenvalue weighted by Crippen LogP contribution is 2.28. The van der Waals surface area contributed by atoms with Gasteiger partial charge in [-0.05, 0) is 17.4 Å². The number of carbonyl (C=O) groups excluding carboxylic acids is 1.